The molecule has 0 radical (unpaired) electrons. The molecule has 3 heterocycles. The zero-order valence-electron chi connectivity index (χ0n) is 13.7. The highest BCUT2D eigenvalue weighted by atomic mass is 19.1. The number of hydrogen-bond acceptors (Lipinski definition) is 3. The maximum Gasteiger partial charge on any atom is 0.227 e. The average molecular weight is 340 g/mol. The summed E-state index contributed by atoms with van der Waals surface area (Å²) in [4.78, 5) is 9.06. The molecule has 0 aliphatic rings. The van der Waals surface area contributed by atoms with Crippen molar-refractivity contribution >= 4 is 22.1 Å². The lowest BCUT2D eigenvalue weighted by Crippen LogP contribution is -1.83. The van der Waals surface area contributed by atoms with E-state index in [1.54, 1.807) is 18.3 Å². The molecule has 26 heavy (non-hydrogen) atoms. The van der Waals surface area contributed by atoms with Crippen molar-refractivity contribution in [2.75, 3.05) is 0 Å². The van der Waals surface area contributed by atoms with Gasteiger partial charge in [-0.3, -0.25) is 4.98 Å². The number of halogens is 1. The highest BCUT2D eigenvalue weighted by Gasteiger charge is 2.14. The minimum atomic E-state index is -0.265. The first-order valence-corrected chi connectivity index (χ1v) is 8.29. The fourth-order valence-corrected chi connectivity index (χ4v) is 3.18. The molecule has 0 N–H and O–H groups in total. The lowest BCUT2D eigenvalue weighted by molar-refractivity contribution is 0.628. The Hall–Kier alpha value is -3.53. The Morgan fingerprint density at radius 3 is 2.42 bits per heavy atom. The predicted molar refractivity (Wildman–Crippen MR) is 100 cm³/mol. The largest absolute Gasteiger partial charge is 0.437 e. The molecule has 0 fully saturated rings. The summed E-state index contributed by atoms with van der Waals surface area (Å²) in [7, 11) is 0. The third kappa shape index (κ3) is 2.35. The molecule has 0 aliphatic carbocycles. The first kappa shape index (κ1) is 14.8. The van der Waals surface area contributed by atoms with Gasteiger partial charge in [0.2, 0.25) is 5.71 Å². The monoisotopic (exact) mass is 340 g/mol. The third-order valence-electron chi connectivity index (χ3n) is 4.45. The van der Waals surface area contributed by atoms with E-state index < -0.39 is 0 Å². The van der Waals surface area contributed by atoms with Crippen molar-refractivity contribution in [1.29, 1.82) is 0 Å². The van der Waals surface area contributed by atoms with E-state index in [-0.39, 0.29) is 5.82 Å². The van der Waals surface area contributed by atoms with E-state index in [1.165, 1.54) is 12.1 Å². The Kier molecular flexibility index (Phi) is 3.28. The van der Waals surface area contributed by atoms with Crippen LogP contribution in [0.5, 0.6) is 0 Å². The number of para-hydroxylation sites is 1. The molecule has 0 saturated carbocycles. The number of pyridine rings is 2. The number of hydrogen-bond donors (Lipinski definition) is 0. The number of nitrogens with zero attached hydrogens (tertiary/aromatic N) is 2. The molecule has 5 aromatic rings. The Bertz CT molecular complexity index is 1230. The maximum atomic E-state index is 13.2. The minimum Gasteiger partial charge on any atom is -0.437 e. The fraction of sp³-hybridized carbons (Fsp3) is 0. The minimum absolute atomic E-state index is 0.265. The Balaban J connectivity index is 1.73. The molecule has 0 bridgehead atoms. The molecule has 3 nitrogen and oxygen atoms in total. The quantitative estimate of drug-likeness (QED) is 0.405. The van der Waals surface area contributed by atoms with Gasteiger partial charge >= 0.3 is 0 Å². The van der Waals surface area contributed by atoms with Crippen LogP contribution in [0.1, 0.15) is 0 Å². The van der Waals surface area contributed by atoms with Crippen molar-refractivity contribution in [3.8, 4) is 22.5 Å². The number of aromatic nitrogens is 2. The highest BCUT2D eigenvalue weighted by molar-refractivity contribution is 6.08. The molecule has 0 aliphatic heterocycles. The van der Waals surface area contributed by atoms with Gasteiger partial charge < -0.3 is 4.42 Å². The van der Waals surface area contributed by atoms with Gasteiger partial charge in [-0.25, -0.2) is 9.37 Å². The summed E-state index contributed by atoms with van der Waals surface area (Å²) in [6.07, 6.45) is 1.77. The second-order valence-corrected chi connectivity index (χ2v) is 6.06. The van der Waals surface area contributed by atoms with E-state index in [4.69, 9.17) is 4.42 Å². The number of fused-ring (bicyclic) bond motifs is 3. The van der Waals surface area contributed by atoms with Crippen molar-refractivity contribution < 1.29 is 8.81 Å². The van der Waals surface area contributed by atoms with Crippen molar-refractivity contribution in [1.82, 2.24) is 9.97 Å². The summed E-state index contributed by atoms with van der Waals surface area (Å²) in [5.74, 6) is -0.265. The molecule has 124 valence electrons. The van der Waals surface area contributed by atoms with Crippen LogP contribution >= 0.6 is 0 Å². The standard InChI is InChI=1S/C22H13FN2O/c23-15-9-7-14(8-10-15)19-12-11-17-16-4-3-5-18(20-6-1-2-13-24-20)21(16)26-22(17)25-19/h1-13H. The van der Waals surface area contributed by atoms with Gasteiger partial charge in [-0.1, -0.05) is 18.2 Å². The molecule has 0 spiro atoms. The topological polar surface area (TPSA) is 38.9 Å². The fourth-order valence-electron chi connectivity index (χ4n) is 3.18. The van der Waals surface area contributed by atoms with E-state index in [2.05, 4.69) is 9.97 Å². The number of rotatable bonds is 2. The lowest BCUT2D eigenvalue weighted by Gasteiger charge is -2.00. The summed E-state index contributed by atoms with van der Waals surface area (Å²) in [6.45, 7) is 0. The Morgan fingerprint density at radius 1 is 0.731 bits per heavy atom. The van der Waals surface area contributed by atoms with E-state index in [1.807, 2.05) is 48.5 Å². The molecule has 0 atom stereocenters. The molecular weight excluding hydrogens is 327 g/mol. The summed E-state index contributed by atoms with van der Waals surface area (Å²) < 4.78 is 19.3. The summed E-state index contributed by atoms with van der Waals surface area (Å²) in [6, 6.07) is 22.0. The summed E-state index contributed by atoms with van der Waals surface area (Å²) in [5.41, 5.74) is 4.71. The van der Waals surface area contributed by atoms with Gasteiger partial charge in [-0.05, 0) is 54.6 Å². The average Bonchev–Trinajstić information content (AvgIpc) is 3.07. The first-order valence-electron chi connectivity index (χ1n) is 8.29. The molecule has 0 unspecified atom stereocenters. The van der Waals surface area contributed by atoms with Crippen molar-refractivity contribution in [2.45, 2.75) is 0 Å². The second-order valence-electron chi connectivity index (χ2n) is 6.06. The van der Waals surface area contributed by atoms with Crippen LogP contribution in [0.15, 0.2) is 83.4 Å². The van der Waals surface area contributed by atoms with Crippen LogP contribution in [0, 0.1) is 5.82 Å². The smallest absolute Gasteiger partial charge is 0.227 e. The van der Waals surface area contributed by atoms with Gasteiger partial charge in [0.15, 0.2) is 0 Å². The number of furan rings is 1. The van der Waals surface area contributed by atoms with Crippen LogP contribution < -0.4 is 0 Å². The van der Waals surface area contributed by atoms with Crippen molar-refractivity contribution in [2.24, 2.45) is 0 Å². The van der Waals surface area contributed by atoms with Gasteiger partial charge in [0.05, 0.1) is 11.4 Å². The van der Waals surface area contributed by atoms with Gasteiger partial charge in [-0.2, -0.15) is 0 Å². The zero-order chi connectivity index (χ0) is 17.5. The molecule has 0 amide bonds. The lowest BCUT2D eigenvalue weighted by atomic mass is 10.1. The first-order chi connectivity index (χ1) is 12.8. The highest BCUT2D eigenvalue weighted by Crippen LogP contribution is 2.35. The van der Waals surface area contributed by atoms with Crippen molar-refractivity contribution in [3.05, 3.63) is 84.8 Å². The van der Waals surface area contributed by atoms with E-state index in [0.29, 0.717) is 5.71 Å². The van der Waals surface area contributed by atoms with Crippen LogP contribution in [0.25, 0.3) is 44.6 Å². The second kappa shape index (κ2) is 5.77. The number of benzene rings is 2. The zero-order valence-corrected chi connectivity index (χ0v) is 13.7. The van der Waals surface area contributed by atoms with Crippen LogP contribution in [0.3, 0.4) is 0 Å². The maximum absolute atomic E-state index is 13.2. The van der Waals surface area contributed by atoms with Gasteiger partial charge in [0.25, 0.3) is 0 Å². The third-order valence-corrected chi connectivity index (χ3v) is 4.45. The molecule has 5 rings (SSSR count). The molecule has 2 aromatic carbocycles. The van der Waals surface area contributed by atoms with Crippen LogP contribution in [-0.2, 0) is 0 Å². The van der Waals surface area contributed by atoms with Crippen molar-refractivity contribution in [3.63, 3.8) is 0 Å². The summed E-state index contributed by atoms with van der Waals surface area (Å²) >= 11 is 0. The summed E-state index contributed by atoms with van der Waals surface area (Å²) in [5, 5.41) is 1.95. The van der Waals surface area contributed by atoms with Gasteiger partial charge in [0, 0.05) is 28.1 Å². The Morgan fingerprint density at radius 2 is 1.62 bits per heavy atom. The SMILES string of the molecule is Fc1ccc(-c2ccc3c(n2)oc2c(-c4ccccn4)cccc23)cc1. The predicted octanol–water partition coefficient (Wildman–Crippen LogP) is 5.85. The molecule has 0 saturated heterocycles. The normalized spacial score (nSPS) is 11.3. The molecule has 3 aromatic heterocycles. The van der Waals surface area contributed by atoms with Gasteiger partial charge in [-0.15, -0.1) is 0 Å². The molecular formula is C22H13FN2O. The Labute approximate surface area is 148 Å². The van der Waals surface area contributed by atoms with E-state index in [0.717, 1.165) is 38.9 Å². The van der Waals surface area contributed by atoms with Crippen LogP contribution in [0.4, 0.5) is 4.39 Å². The van der Waals surface area contributed by atoms with Crippen LogP contribution in [-0.4, -0.2) is 9.97 Å². The van der Waals surface area contributed by atoms with Gasteiger partial charge in [0.1, 0.15) is 11.4 Å². The van der Waals surface area contributed by atoms with E-state index >= 15 is 0 Å². The molecule has 4 heteroatoms. The van der Waals surface area contributed by atoms with E-state index in [9.17, 15) is 4.39 Å². The van der Waals surface area contributed by atoms with Crippen LogP contribution in [0.2, 0.25) is 0 Å².